The Hall–Kier alpha value is -2.80. The average Bonchev–Trinajstić information content (AvgIpc) is 3.06. The second-order valence-electron chi connectivity index (χ2n) is 6.48. The van der Waals surface area contributed by atoms with Gasteiger partial charge in [-0.25, -0.2) is 13.8 Å². The van der Waals surface area contributed by atoms with Gasteiger partial charge < -0.3 is 15.6 Å². The van der Waals surface area contributed by atoms with Crippen molar-refractivity contribution in [2.24, 2.45) is 5.92 Å². The minimum absolute atomic E-state index is 0.0106. The first-order valence-corrected chi connectivity index (χ1v) is 8.57. The van der Waals surface area contributed by atoms with Crippen LogP contribution in [0, 0.1) is 17.6 Å². The van der Waals surface area contributed by atoms with E-state index < -0.39 is 11.6 Å². The highest BCUT2D eigenvalue weighted by molar-refractivity contribution is 5.93. The van der Waals surface area contributed by atoms with Gasteiger partial charge in [-0.1, -0.05) is 0 Å². The number of nitrogens with zero attached hydrogens (tertiary/aromatic N) is 1. The number of carbonyl (C=O) groups is 1. The summed E-state index contributed by atoms with van der Waals surface area (Å²) in [5, 5.41) is 6.15. The van der Waals surface area contributed by atoms with Crippen molar-refractivity contribution in [1.29, 1.82) is 0 Å². The maximum Gasteiger partial charge on any atom is 0.228 e. The fraction of sp³-hybridized carbons (Fsp3) is 0.263. The molecule has 134 valence electrons. The molecule has 0 bridgehead atoms. The fourth-order valence-corrected chi connectivity index (χ4v) is 3.17. The van der Waals surface area contributed by atoms with Crippen LogP contribution in [0.3, 0.4) is 0 Å². The van der Waals surface area contributed by atoms with E-state index in [1.165, 1.54) is 0 Å². The molecular weight excluding hydrogens is 338 g/mol. The minimum atomic E-state index is -0.925. The van der Waals surface area contributed by atoms with Crippen LogP contribution in [-0.4, -0.2) is 29.0 Å². The first kappa shape index (κ1) is 16.7. The number of hydrogen-bond donors (Lipinski definition) is 3. The molecule has 1 aliphatic rings. The second-order valence-corrected chi connectivity index (χ2v) is 6.48. The number of carbonyl (C=O) groups excluding carboxylic acids is 1. The van der Waals surface area contributed by atoms with Gasteiger partial charge in [0.05, 0.1) is 17.0 Å². The largest absolute Gasteiger partial charge is 0.338 e. The van der Waals surface area contributed by atoms with E-state index in [0.717, 1.165) is 37.1 Å². The van der Waals surface area contributed by atoms with Gasteiger partial charge in [-0.05, 0) is 43.7 Å². The zero-order valence-corrected chi connectivity index (χ0v) is 14.0. The van der Waals surface area contributed by atoms with Crippen molar-refractivity contribution in [3.05, 3.63) is 48.0 Å². The van der Waals surface area contributed by atoms with E-state index in [1.807, 2.05) is 0 Å². The number of benzene rings is 2. The number of fused-ring (bicyclic) bond motifs is 1. The molecule has 2 heterocycles. The third-order valence-electron chi connectivity index (χ3n) is 4.62. The van der Waals surface area contributed by atoms with Gasteiger partial charge in [-0.15, -0.1) is 0 Å². The molecule has 3 aromatic rings. The average molecular weight is 356 g/mol. The van der Waals surface area contributed by atoms with Crippen molar-refractivity contribution < 1.29 is 13.6 Å². The first-order valence-electron chi connectivity index (χ1n) is 8.57. The minimum Gasteiger partial charge on any atom is -0.338 e. The van der Waals surface area contributed by atoms with Crippen LogP contribution in [-0.2, 0) is 4.79 Å². The van der Waals surface area contributed by atoms with Crippen LogP contribution in [0.2, 0.25) is 0 Å². The van der Waals surface area contributed by atoms with E-state index in [9.17, 15) is 13.6 Å². The lowest BCUT2D eigenvalue weighted by atomic mass is 9.99. The highest BCUT2D eigenvalue weighted by atomic mass is 19.2. The van der Waals surface area contributed by atoms with Gasteiger partial charge in [-0.2, -0.15) is 0 Å². The number of anilines is 1. The molecule has 2 aromatic carbocycles. The zero-order chi connectivity index (χ0) is 18.1. The second kappa shape index (κ2) is 6.84. The summed E-state index contributed by atoms with van der Waals surface area (Å²) in [5.41, 5.74) is 2.26. The third-order valence-corrected chi connectivity index (χ3v) is 4.62. The maximum atomic E-state index is 13.3. The fourth-order valence-electron chi connectivity index (χ4n) is 3.17. The Kier molecular flexibility index (Phi) is 4.38. The summed E-state index contributed by atoms with van der Waals surface area (Å²) in [6, 6.07) is 9.35. The summed E-state index contributed by atoms with van der Waals surface area (Å²) < 4.78 is 26.6. The zero-order valence-electron chi connectivity index (χ0n) is 14.0. The molecule has 1 unspecified atom stereocenters. The van der Waals surface area contributed by atoms with Crippen molar-refractivity contribution in [3.63, 3.8) is 0 Å². The molecule has 1 saturated heterocycles. The lowest BCUT2D eigenvalue weighted by molar-refractivity contribution is -0.120. The molecule has 0 spiro atoms. The van der Waals surface area contributed by atoms with Gasteiger partial charge in [0.1, 0.15) is 5.82 Å². The molecule has 5 nitrogen and oxygen atoms in total. The van der Waals surface area contributed by atoms with E-state index in [-0.39, 0.29) is 11.8 Å². The lowest BCUT2D eigenvalue weighted by Crippen LogP contribution is -2.37. The standard InChI is InChI=1S/C19H18F2N4O/c20-14-8-16-17(9-15(14)21)25-18(24-16)11-3-5-13(6-4-11)23-19(26)12-2-1-7-22-10-12/h3-6,8-9,12,22H,1-2,7,10H2,(H,23,26)(H,24,25). The van der Waals surface area contributed by atoms with Gasteiger partial charge in [0.25, 0.3) is 0 Å². The lowest BCUT2D eigenvalue weighted by Gasteiger charge is -2.21. The molecule has 3 N–H and O–H groups in total. The van der Waals surface area contributed by atoms with E-state index in [4.69, 9.17) is 0 Å². The van der Waals surface area contributed by atoms with Crippen molar-refractivity contribution in [1.82, 2.24) is 15.3 Å². The third kappa shape index (κ3) is 3.30. The Morgan fingerprint density at radius 3 is 2.65 bits per heavy atom. The van der Waals surface area contributed by atoms with Gasteiger partial charge >= 0.3 is 0 Å². The molecule has 0 radical (unpaired) electrons. The predicted octanol–water partition coefficient (Wildman–Crippen LogP) is 3.45. The van der Waals surface area contributed by atoms with Gasteiger partial charge in [-0.3, -0.25) is 4.79 Å². The molecule has 0 saturated carbocycles. The topological polar surface area (TPSA) is 69.8 Å². The predicted molar refractivity (Wildman–Crippen MR) is 95.7 cm³/mol. The van der Waals surface area contributed by atoms with Gasteiger partial charge in [0.2, 0.25) is 5.91 Å². The molecule has 1 aliphatic heterocycles. The number of aromatic amines is 1. The first-order chi connectivity index (χ1) is 12.6. The van der Waals surface area contributed by atoms with Crippen molar-refractivity contribution in [2.45, 2.75) is 12.8 Å². The van der Waals surface area contributed by atoms with Crippen LogP contribution in [0.5, 0.6) is 0 Å². The molecule has 1 atom stereocenters. The number of halogens is 2. The Labute approximate surface area is 148 Å². The van der Waals surface area contributed by atoms with Gasteiger partial charge in [0, 0.05) is 29.9 Å². The van der Waals surface area contributed by atoms with E-state index in [2.05, 4.69) is 20.6 Å². The van der Waals surface area contributed by atoms with Crippen molar-refractivity contribution >= 4 is 22.6 Å². The number of hydrogen-bond acceptors (Lipinski definition) is 3. The Morgan fingerprint density at radius 1 is 1.15 bits per heavy atom. The number of amides is 1. The molecule has 26 heavy (non-hydrogen) atoms. The van der Waals surface area contributed by atoms with E-state index in [0.29, 0.717) is 29.1 Å². The summed E-state index contributed by atoms with van der Waals surface area (Å²) in [6.45, 7) is 1.67. The highest BCUT2D eigenvalue weighted by Crippen LogP contribution is 2.24. The van der Waals surface area contributed by atoms with Gasteiger partial charge in [0.15, 0.2) is 11.6 Å². The Bertz CT molecular complexity index is 907. The molecule has 7 heteroatoms. The molecule has 1 aromatic heterocycles. The monoisotopic (exact) mass is 356 g/mol. The van der Waals surface area contributed by atoms with Crippen LogP contribution in [0.1, 0.15) is 12.8 Å². The molecular formula is C19H18F2N4O. The molecule has 1 fully saturated rings. The molecule has 4 rings (SSSR count). The van der Waals surface area contributed by atoms with E-state index >= 15 is 0 Å². The number of rotatable bonds is 3. The summed E-state index contributed by atoms with van der Waals surface area (Å²) in [6.07, 6.45) is 1.90. The van der Waals surface area contributed by atoms with Crippen LogP contribution in [0.25, 0.3) is 22.4 Å². The SMILES string of the molecule is O=C(Nc1ccc(-c2nc3cc(F)c(F)cc3[nH]2)cc1)C1CCCNC1. The Morgan fingerprint density at radius 2 is 1.92 bits per heavy atom. The summed E-state index contributed by atoms with van der Waals surface area (Å²) in [7, 11) is 0. The summed E-state index contributed by atoms with van der Waals surface area (Å²) >= 11 is 0. The smallest absolute Gasteiger partial charge is 0.228 e. The van der Waals surface area contributed by atoms with E-state index in [1.54, 1.807) is 24.3 Å². The van der Waals surface area contributed by atoms with Crippen LogP contribution >= 0.6 is 0 Å². The summed E-state index contributed by atoms with van der Waals surface area (Å²) in [4.78, 5) is 19.5. The maximum absolute atomic E-state index is 13.3. The van der Waals surface area contributed by atoms with Crippen LogP contribution in [0.15, 0.2) is 36.4 Å². The number of aromatic nitrogens is 2. The number of nitrogens with one attached hydrogen (secondary N) is 3. The van der Waals surface area contributed by atoms with Crippen LogP contribution in [0.4, 0.5) is 14.5 Å². The molecule has 1 amide bonds. The normalized spacial score (nSPS) is 17.4. The van der Waals surface area contributed by atoms with Crippen LogP contribution < -0.4 is 10.6 Å². The number of H-pyrrole nitrogens is 1. The van der Waals surface area contributed by atoms with Crippen molar-refractivity contribution in [3.8, 4) is 11.4 Å². The number of imidazole rings is 1. The molecule has 0 aliphatic carbocycles. The number of piperidine rings is 1. The van der Waals surface area contributed by atoms with Crippen molar-refractivity contribution in [2.75, 3.05) is 18.4 Å². The highest BCUT2D eigenvalue weighted by Gasteiger charge is 2.20. The Balaban J connectivity index is 1.51. The summed E-state index contributed by atoms with van der Waals surface area (Å²) in [5.74, 6) is -1.32. The quantitative estimate of drug-likeness (QED) is 0.673.